The second kappa shape index (κ2) is 8.34. The molecule has 0 bridgehead atoms. The van der Waals surface area contributed by atoms with Gasteiger partial charge < -0.3 is 15.2 Å². The summed E-state index contributed by atoms with van der Waals surface area (Å²) in [6.07, 6.45) is 5.95. The van der Waals surface area contributed by atoms with Crippen molar-refractivity contribution in [3.8, 4) is 6.07 Å². The zero-order valence-electron chi connectivity index (χ0n) is 12.5. The SMILES string of the molecule is N#CCC(=O)Nc1ccc(C(=O)NCCCn2ccnc2)cc1. The van der Waals surface area contributed by atoms with Crippen LogP contribution in [0.15, 0.2) is 43.0 Å². The maximum Gasteiger partial charge on any atom is 0.251 e. The van der Waals surface area contributed by atoms with Crippen LogP contribution in [0.1, 0.15) is 23.2 Å². The van der Waals surface area contributed by atoms with Crippen LogP contribution < -0.4 is 10.6 Å². The minimum Gasteiger partial charge on any atom is -0.352 e. The zero-order valence-corrected chi connectivity index (χ0v) is 12.5. The first-order valence-electron chi connectivity index (χ1n) is 7.20. The highest BCUT2D eigenvalue weighted by atomic mass is 16.2. The lowest BCUT2D eigenvalue weighted by Gasteiger charge is -2.07. The summed E-state index contributed by atoms with van der Waals surface area (Å²) >= 11 is 0. The molecule has 2 rings (SSSR count). The number of imidazole rings is 1. The number of nitriles is 1. The van der Waals surface area contributed by atoms with Crippen LogP contribution in [0, 0.1) is 11.3 Å². The van der Waals surface area contributed by atoms with Crippen LogP contribution >= 0.6 is 0 Å². The molecule has 7 nitrogen and oxygen atoms in total. The van der Waals surface area contributed by atoms with E-state index in [4.69, 9.17) is 5.26 Å². The average Bonchev–Trinajstić information content (AvgIpc) is 3.05. The Kier molecular flexibility index (Phi) is 5.89. The second-order valence-electron chi connectivity index (χ2n) is 4.87. The third kappa shape index (κ3) is 5.28. The number of anilines is 1. The number of amides is 2. The average molecular weight is 311 g/mol. The number of hydrogen-bond donors (Lipinski definition) is 2. The Morgan fingerprint density at radius 3 is 2.70 bits per heavy atom. The Morgan fingerprint density at radius 2 is 2.04 bits per heavy atom. The molecule has 0 spiro atoms. The van der Waals surface area contributed by atoms with Gasteiger partial charge in [0.05, 0.1) is 12.4 Å². The van der Waals surface area contributed by atoms with Crippen LogP contribution in [-0.2, 0) is 11.3 Å². The number of carbonyl (C=O) groups is 2. The molecule has 0 fully saturated rings. The predicted octanol–water partition coefficient (Wildman–Crippen LogP) is 1.56. The van der Waals surface area contributed by atoms with Crippen molar-refractivity contribution in [3.63, 3.8) is 0 Å². The molecule has 2 N–H and O–H groups in total. The van der Waals surface area contributed by atoms with Gasteiger partial charge in [0.15, 0.2) is 0 Å². The normalized spacial score (nSPS) is 9.87. The first-order valence-corrected chi connectivity index (χ1v) is 7.20. The van der Waals surface area contributed by atoms with Crippen molar-refractivity contribution in [3.05, 3.63) is 48.5 Å². The summed E-state index contributed by atoms with van der Waals surface area (Å²) in [5.74, 6) is -0.533. The van der Waals surface area contributed by atoms with E-state index >= 15 is 0 Å². The van der Waals surface area contributed by atoms with E-state index in [1.165, 1.54) is 0 Å². The van der Waals surface area contributed by atoms with Gasteiger partial charge in [-0.2, -0.15) is 5.26 Å². The van der Waals surface area contributed by atoms with E-state index in [2.05, 4.69) is 15.6 Å². The van der Waals surface area contributed by atoms with Gasteiger partial charge in [-0.25, -0.2) is 4.98 Å². The molecule has 0 saturated carbocycles. The van der Waals surface area contributed by atoms with Gasteiger partial charge in [-0.3, -0.25) is 9.59 Å². The third-order valence-electron chi connectivity index (χ3n) is 3.11. The van der Waals surface area contributed by atoms with E-state index in [0.29, 0.717) is 17.8 Å². The summed E-state index contributed by atoms with van der Waals surface area (Å²) in [4.78, 5) is 27.2. The first kappa shape index (κ1) is 16.2. The van der Waals surface area contributed by atoms with Gasteiger partial charge in [0, 0.05) is 36.7 Å². The molecule has 7 heteroatoms. The third-order valence-corrected chi connectivity index (χ3v) is 3.11. The van der Waals surface area contributed by atoms with E-state index in [9.17, 15) is 9.59 Å². The molecule has 2 aromatic rings. The topological polar surface area (TPSA) is 99.8 Å². The Hall–Kier alpha value is -3.14. The molecular weight excluding hydrogens is 294 g/mol. The lowest BCUT2D eigenvalue weighted by molar-refractivity contribution is -0.115. The number of aryl methyl sites for hydroxylation is 1. The van der Waals surface area contributed by atoms with Crippen LogP contribution in [0.4, 0.5) is 5.69 Å². The Balaban J connectivity index is 1.76. The lowest BCUT2D eigenvalue weighted by atomic mass is 10.2. The molecule has 1 heterocycles. The van der Waals surface area contributed by atoms with Crippen molar-refractivity contribution < 1.29 is 9.59 Å². The highest BCUT2D eigenvalue weighted by molar-refractivity contribution is 5.96. The zero-order chi connectivity index (χ0) is 16.5. The summed E-state index contributed by atoms with van der Waals surface area (Å²) in [6.45, 7) is 1.36. The standard InChI is InChI=1S/C16H17N5O2/c17-7-6-15(22)20-14-4-2-13(3-5-14)16(23)19-8-1-10-21-11-9-18-12-21/h2-5,9,11-12H,1,6,8,10H2,(H,19,23)(H,20,22). The molecule has 0 radical (unpaired) electrons. The quantitative estimate of drug-likeness (QED) is 0.758. The molecule has 0 unspecified atom stereocenters. The number of rotatable bonds is 7. The summed E-state index contributed by atoms with van der Waals surface area (Å²) in [5, 5.41) is 13.8. The molecule has 2 amide bonds. The minimum absolute atomic E-state index is 0.162. The van der Waals surface area contributed by atoms with Crippen LogP contribution in [0.2, 0.25) is 0 Å². The summed E-state index contributed by atoms with van der Waals surface area (Å²) in [5.41, 5.74) is 1.08. The minimum atomic E-state index is -0.371. The highest BCUT2D eigenvalue weighted by Crippen LogP contribution is 2.10. The van der Waals surface area contributed by atoms with E-state index < -0.39 is 0 Å². The number of aromatic nitrogens is 2. The molecule has 0 aliphatic carbocycles. The van der Waals surface area contributed by atoms with E-state index in [1.54, 1.807) is 42.9 Å². The fraction of sp³-hybridized carbons (Fsp3) is 0.250. The number of benzene rings is 1. The van der Waals surface area contributed by atoms with Gasteiger partial charge in [-0.15, -0.1) is 0 Å². The lowest BCUT2D eigenvalue weighted by Crippen LogP contribution is -2.25. The van der Waals surface area contributed by atoms with E-state index in [-0.39, 0.29) is 18.2 Å². The molecule has 1 aromatic heterocycles. The number of hydrogen-bond acceptors (Lipinski definition) is 4. The molecule has 0 saturated heterocycles. The van der Waals surface area contributed by atoms with Gasteiger partial charge in [0.1, 0.15) is 6.42 Å². The monoisotopic (exact) mass is 311 g/mol. The number of nitrogens with one attached hydrogen (secondary N) is 2. The number of nitrogens with zero attached hydrogens (tertiary/aromatic N) is 3. The predicted molar refractivity (Wildman–Crippen MR) is 84.5 cm³/mol. The maximum atomic E-state index is 12.0. The van der Waals surface area contributed by atoms with Gasteiger partial charge >= 0.3 is 0 Å². The second-order valence-corrected chi connectivity index (χ2v) is 4.87. The molecular formula is C16H17N5O2. The Labute approximate surface area is 133 Å². The molecule has 118 valence electrons. The Bertz CT molecular complexity index is 686. The smallest absolute Gasteiger partial charge is 0.251 e. The molecule has 0 aliphatic rings. The van der Waals surface area contributed by atoms with Crippen LogP contribution in [-0.4, -0.2) is 27.9 Å². The van der Waals surface area contributed by atoms with Gasteiger partial charge in [0.2, 0.25) is 5.91 Å². The van der Waals surface area contributed by atoms with Crippen molar-refractivity contribution in [2.75, 3.05) is 11.9 Å². The fourth-order valence-corrected chi connectivity index (χ4v) is 1.97. The van der Waals surface area contributed by atoms with E-state index in [0.717, 1.165) is 13.0 Å². The van der Waals surface area contributed by atoms with Crippen molar-refractivity contribution in [2.24, 2.45) is 0 Å². The summed E-state index contributed by atoms with van der Waals surface area (Å²) in [6, 6.07) is 8.31. The maximum absolute atomic E-state index is 12.0. The first-order chi connectivity index (χ1) is 11.2. The molecule has 0 atom stereocenters. The highest BCUT2D eigenvalue weighted by Gasteiger charge is 2.06. The van der Waals surface area contributed by atoms with Crippen molar-refractivity contribution in [1.82, 2.24) is 14.9 Å². The van der Waals surface area contributed by atoms with E-state index in [1.807, 2.05) is 10.8 Å². The van der Waals surface area contributed by atoms with Gasteiger partial charge in [-0.05, 0) is 30.7 Å². The van der Waals surface area contributed by atoms with Crippen molar-refractivity contribution in [1.29, 1.82) is 5.26 Å². The Morgan fingerprint density at radius 1 is 1.26 bits per heavy atom. The molecule has 1 aromatic carbocycles. The summed E-state index contributed by atoms with van der Waals surface area (Å²) < 4.78 is 1.95. The van der Waals surface area contributed by atoms with Gasteiger partial charge in [0.25, 0.3) is 5.91 Å². The summed E-state index contributed by atoms with van der Waals surface area (Å²) in [7, 11) is 0. The number of carbonyl (C=O) groups excluding carboxylic acids is 2. The molecule has 0 aliphatic heterocycles. The molecule has 23 heavy (non-hydrogen) atoms. The van der Waals surface area contributed by atoms with Crippen molar-refractivity contribution >= 4 is 17.5 Å². The fourth-order valence-electron chi connectivity index (χ4n) is 1.97. The van der Waals surface area contributed by atoms with Crippen molar-refractivity contribution in [2.45, 2.75) is 19.4 Å². The van der Waals surface area contributed by atoms with Crippen LogP contribution in [0.25, 0.3) is 0 Å². The van der Waals surface area contributed by atoms with Gasteiger partial charge in [-0.1, -0.05) is 0 Å². The van der Waals surface area contributed by atoms with Crippen LogP contribution in [0.5, 0.6) is 0 Å². The largest absolute Gasteiger partial charge is 0.352 e. The van der Waals surface area contributed by atoms with Crippen LogP contribution in [0.3, 0.4) is 0 Å².